The molecule has 0 bridgehead atoms. The summed E-state index contributed by atoms with van der Waals surface area (Å²) in [5.41, 5.74) is 0.276. The molecule has 1 heterocycles. The van der Waals surface area contributed by atoms with Crippen LogP contribution in [-0.2, 0) is 9.53 Å². The average Bonchev–Trinajstić information content (AvgIpc) is 2.26. The third kappa shape index (κ3) is 1.44. The van der Waals surface area contributed by atoms with Gasteiger partial charge in [-0.1, -0.05) is 0 Å². The molecule has 1 unspecified atom stereocenters. The Kier molecular flexibility index (Phi) is 2.18. The van der Waals surface area contributed by atoms with Crippen LogP contribution < -0.4 is 0 Å². The van der Waals surface area contributed by atoms with E-state index in [1.165, 1.54) is 12.1 Å². The highest BCUT2D eigenvalue weighted by Crippen LogP contribution is 2.46. The van der Waals surface area contributed by atoms with Crippen LogP contribution in [-0.4, -0.2) is 10.9 Å². The maximum Gasteiger partial charge on any atom is 0.316 e. The lowest BCUT2D eigenvalue weighted by atomic mass is 9.78. The molecule has 1 aromatic rings. The number of hydrogen-bond acceptors (Lipinski definition) is 4. The molecule has 5 nitrogen and oxygen atoms in total. The van der Waals surface area contributed by atoms with Crippen LogP contribution in [0.15, 0.2) is 24.3 Å². The number of nitro benzene ring substituents is 1. The number of nitro groups is 1. The molecule has 1 aliphatic rings. The van der Waals surface area contributed by atoms with Gasteiger partial charge in [0.2, 0.25) is 0 Å². The SMILES string of the molecule is CC1(C)C(=O)OC1c1ccc([N+](=O)[O-])cc1. The van der Waals surface area contributed by atoms with E-state index in [1.54, 1.807) is 26.0 Å². The third-order valence-corrected chi connectivity index (χ3v) is 2.81. The molecular formula is C11H11NO4. The number of cyclic esters (lactones) is 1. The second kappa shape index (κ2) is 3.30. The number of carbonyl (C=O) groups is 1. The van der Waals surface area contributed by atoms with Gasteiger partial charge in [0.25, 0.3) is 5.69 Å². The van der Waals surface area contributed by atoms with Gasteiger partial charge in [-0.15, -0.1) is 0 Å². The highest BCUT2D eigenvalue weighted by atomic mass is 16.6. The molecule has 84 valence electrons. The summed E-state index contributed by atoms with van der Waals surface area (Å²) in [5, 5.41) is 10.5. The summed E-state index contributed by atoms with van der Waals surface area (Å²) < 4.78 is 5.03. The van der Waals surface area contributed by atoms with E-state index in [0.29, 0.717) is 0 Å². The number of esters is 1. The van der Waals surface area contributed by atoms with Crippen molar-refractivity contribution in [1.29, 1.82) is 0 Å². The van der Waals surface area contributed by atoms with Gasteiger partial charge in [-0.2, -0.15) is 0 Å². The molecular weight excluding hydrogens is 210 g/mol. The summed E-state index contributed by atoms with van der Waals surface area (Å²) in [6.45, 7) is 3.59. The predicted molar refractivity (Wildman–Crippen MR) is 55.7 cm³/mol. The van der Waals surface area contributed by atoms with Crippen molar-refractivity contribution < 1.29 is 14.5 Å². The van der Waals surface area contributed by atoms with Gasteiger partial charge in [-0.05, 0) is 31.5 Å². The number of carbonyl (C=O) groups excluding carboxylic acids is 1. The van der Waals surface area contributed by atoms with Gasteiger partial charge in [-0.3, -0.25) is 14.9 Å². The van der Waals surface area contributed by atoms with E-state index < -0.39 is 10.3 Å². The number of nitrogens with zero attached hydrogens (tertiary/aromatic N) is 1. The van der Waals surface area contributed by atoms with E-state index in [2.05, 4.69) is 0 Å². The van der Waals surface area contributed by atoms with Crippen LogP contribution in [0.25, 0.3) is 0 Å². The molecule has 0 N–H and O–H groups in total. The van der Waals surface area contributed by atoms with Crippen LogP contribution in [0.5, 0.6) is 0 Å². The largest absolute Gasteiger partial charge is 0.456 e. The minimum absolute atomic E-state index is 0.0345. The fourth-order valence-electron chi connectivity index (χ4n) is 1.71. The van der Waals surface area contributed by atoms with E-state index in [4.69, 9.17) is 4.74 Å². The molecule has 1 aliphatic heterocycles. The van der Waals surface area contributed by atoms with Crippen molar-refractivity contribution in [3.8, 4) is 0 Å². The zero-order valence-corrected chi connectivity index (χ0v) is 8.97. The lowest BCUT2D eigenvalue weighted by molar-refractivity contribution is -0.384. The lowest BCUT2D eigenvalue weighted by Crippen LogP contribution is -2.46. The Labute approximate surface area is 92.2 Å². The minimum atomic E-state index is -0.546. The second-order valence-electron chi connectivity index (χ2n) is 4.36. The van der Waals surface area contributed by atoms with Crippen molar-refractivity contribution in [2.75, 3.05) is 0 Å². The van der Waals surface area contributed by atoms with Crippen LogP contribution in [0.1, 0.15) is 25.5 Å². The van der Waals surface area contributed by atoms with Crippen molar-refractivity contribution in [2.24, 2.45) is 5.41 Å². The van der Waals surface area contributed by atoms with Crippen LogP contribution in [0.2, 0.25) is 0 Å². The monoisotopic (exact) mass is 221 g/mol. The molecule has 16 heavy (non-hydrogen) atoms. The molecule has 0 spiro atoms. The van der Waals surface area contributed by atoms with E-state index in [0.717, 1.165) is 5.56 Å². The summed E-state index contributed by atoms with van der Waals surface area (Å²) in [5.74, 6) is -0.240. The second-order valence-corrected chi connectivity index (χ2v) is 4.36. The number of benzene rings is 1. The Morgan fingerprint density at radius 2 is 1.88 bits per heavy atom. The fourth-order valence-corrected chi connectivity index (χ4v) is 1.71. The van der Waals surface area contributed by atoms with Crippen LogP contribution in [0.4, 0.5) is 5.69 Å². The average molecular weight is 221 g/mol. The molecule has 0 aromatic heterocycles. The summed E-state index contributed by atoms with van der Waals surface area (Å²) in [4.78, 5) is 21.2. The first-order chi connectivity index (χ1) is 7.43. The third-order valence-electron chi connectivity index (χ3n) is 2.81. The minimum Gasteiger partial charge on any atom is -0.456 e. The highest BCUT2D eigenvalue weighted by molar-refractivity contribution is 5.82. The number of rotatable bonds is 2. The molecule has 0 aliphatic carbocycles. The fraction of sp³-hybridized carbons (Fsp3) is 0.364. The Hall–Kier alpha value is -1.91. The Morgan fingerprint density at radius 1 is 1.31 bits per heavy atom. The molecule has 0 saturated carbocycles. The zero-order valence-electron chi connectivity index (χ0n) is 8.97. The quantitative estimate of drug-likeness (QED) is 0.436. The van der Waals surface area contributed by atoms with Crippen LogP contribution in [0.3, 0.4) is 0 Å². The lowest BCUT2D eigenvalue weighted by Gasteiger charge is -2.41. The molecule has 1 saturated heterocycles. The van der Waals surface area contributed by atoms with Gasteiger partial charge in [0.05, 0.1) is 4.92 Å². The van der Waals surface area contributed by atoms with Crippen molar-refractivity contribution in [1.82, 2.24) is 0 Å². The maximum absolute atomic E-state index is 11.2. The molecule has 1 aromatic carbocycles. The number of ether oxygens (including phenoxy) is 1. The smallest absolute Gasteiger partial charge is 0.316 e. The van der Waals surface area contributed by atoms with E-state index >= 15 is 0 Å². The Balaban J connectivity index is 2.24. The summed E-state index contributed by atoms with van der Waals surface area (Å²) in [7, 11) is 0. The van der Waals surface area contributed by atoms with Crippen LogP contribution in [0, 0.1) is 15.5 Å². The van der Waals surface area contributed by atoms with Gasteiger partial charge in [-0.25, -0.2) is 0 Å². The highest BCUT2D eigenvalue weighted by Gasteiger charge is 2.51. The summed E-state index contributed by atoms with van der Waals surface area (Å²) in [6, 6.07) is 6.07. The first-order valence-electron chi connectivity index (χ1n) is 4.88. The Bertz CT molecular complexity index is 450. The molecule has 2 rings (SSSR count). The topological polar surface area (TPSA) is 69.4 Å². The van der Waals surface area contributed by atoms with Crippen molar-refractivity contribution in [3.05, 3.63) is 39.9 Å². The van der Waals surface area contributed by atoms with Crippen molar-refractivity contribution in [3.63, 3.8) is 0 Å². The van der Waals surface area contributed by atoms with Gasteiger partial charge in [0.1, 0.15) is 11.5 Å². The summed E-state index contributed by atoms with van der Waals surface area (Å²) in [6.07, 6.45) is -0.305. The molecule has 1 fully saturated rings. The van der Waals surface area contributed by atoms with Gasteiger partial charge >= 0.3 is 5.97 Å². The zero-order chi connectivity index (χ0) is 11.9. The van der Waals surface area contributed by atoms with Gasteiger partial charge in [0.15, 0.2) is 0 Å². The maximum atomic E-state index is 11.2. The number of hydrogen-bond donors (Lipinski definition) is 0. The molecule has 1 atom stereocenters. The van der Waals surface area contributed by atoms with Crippen LogP contribution >= 0.6 is 0 Å². The standard InChI is InChI=1S/C11H11NO4/c1-11(2)9(16-10(11)13)7-3-5-8(6-4-7)12(14)15/h3-6,9H,1-2H3. The Morgan fingerprint density at radius 3 is 2.25 bits per heavy atom. The molecule has 5 heteroatoms. The first-order valence-corrected chi connectivity index (χ1v) is 4.88. The number of non-ortho nitro benzene ring substituents is 1. The van der Waals surface area contributed by atoms with E-state index in [-0.39, 0.29) is 17.8 Å². The summed E-state index contributed by atoms with van der Waals surface area (Å²) >= 11 is 0. The molecule has 0 amide bonds. The van der Waals surface area contributed by atoms with Crippen molar-refractivity contribution in [2.45, 2.75) is 20.0 Å². The first kappa shape index (κ1) is 10.6. The predicted octanol–water partition coefficient (Wildman–Crippen LogP) is 2.22. The normalized spacial score (nSPS) is 22.1. The molecule has 0 radical (unpaired) electrons. The van der Waals surface area contributed by atoms with Crippen molar-refractivity contribution >= 4 is 11.7 Å². The van der Waals surface area contributed by atoms with E-state index in [1.807, 2.05) is 0 Å². The van der Waals surface area contributed by atoms with E-state index in [9.17, 15) is 14.9 Å². The van der Waals surface area contributed by atoms with Gasteiger partial charge < -0.3 is 4.74 Å². The van der Waals surface area contributed by atoms with Gasteiger partial charge in [0, 0.05) is 12.1 Å².